The maximum absolute atomic E-state index is 12.1. The van der Waals surface area contributed by atoms with Crippen LogP contribution in [-0.2, 0) is 4.79 Å². The number of hydrogen-bond acceptors (Lipinski definition) is 3. The minimum Gasteiger partial charge on any atom is -0.388 e. The molecule has 0 aromatic heterocycles. The maximum Gasteiger partial charge on any atom is 0.251 e. The highest BCUT2D eigenvalue weighted by molar-refractivity contribution is 5.97. The molecule has 25 heavy (non-hydrogen) atoms. The third-order valence-electron chi connectivity index (χ3n) is 3.92. The topological polar surface area (TPSA) is 78.4 Å². The predicted octanol–water partition coefficient (Wildman–Crippen LogP) is 2.35. The molecule has 2 aromatic rings. The van der Waals surface area contributed by atoms with E-state index in [0.29, 0.717) is 18.5 Å². The Balaban J connectivity index is 1.77. The molecule has 0 fully saturated rings. The molecule has 3 N–H and O–H groups in total. The Hall–Kier alpha value is -2.66. The van der Waals surface area contributed by atoms with E-state index in [-0.39, 0.29) is 11.8 Å². The summed E-state index contributed by atoms with van der Waals surface area (Å²) in [6.45, 7) is 3.88. The molecule has 2 atom stereocenters. The summed E-state index contributed by atoms with van der Waals surface area (Å²) in [4.78, 5) is 24.2. The van der Waals surface area contributed by atoms with E-state index in [1.165, 1.54) is 0 Å². The number of benzene rings is 2. The van der Waals surface area contributed by atoms with Gasteiger partial charge in [0.2, 0.25) is 5.91 Å². The maximum atomic E-state index is 12.1. The molecule has 2 aromatic carbocycles. The fraction of sp³-hybridized carbons (Fsp3) is 0.300. The highest BCUT2D eigenvalue weighted by Crippen LogP contribution is 2.14. The molecule has 0 unspecified atom stereocenters. The summed E-state index contributed by atoms with van der Waals surface area (Å²) in [6, 6.07) is 15.8. The van der Waals surface area contributed by atoms with E-state index < -0.39 is 12.1 Å². The van der Waals surface area contributed by atoms with Gasteiger partial charge in [0, 0.05) is 12.1 Å². The van der Waals surface area contributed by atoms with E-state index in [0.717, 1.165) is 11.1 Å². The standard InChI is InChI=1S/C20H24N2O3/c1-14-7-6-10-17(13-14)20(25)22-15(2)19(24)21-12-11-18(23)16-8-4-3-5-9-16/h3-10,13,15,18,23H,11-12H2,1-2H3,(H,21,24)(H,22,25)/t15-,18-/m1/s1. The first-order chi connectivity index (χ1) is 12.0. The molecule has 0 aliphatic carbocycles. The van der Waals surface area contributed by atoms with Crippen molar-refractivity contribution in [3.63, 3.8) is 0 Å². The van der Waals surface area contributed by atoms with Gasteiger partial charge in [-0.25, -0.2) is 0 Å². The van der Waals surface area contributed by atoms with Gasteiger partial charge in [0.1, 0.15) is 6.04 Å². The quantitative estimate of drug-likeness (QED) is 0.724. The zero-order valence-electron chi connectivity index (χ0n) is 14.5. The van der Waals surface area contributed by atoms with E-state index >= 15 is 0 Å². The Labute approximate surface area is 148 Å². The number of nitrogens with one attached hydrogen (secondary N) is 2. The van der Waals surface area contributed by atoms with Crippen molar-refractivity contribution < 1.29 is 14.7 Å². The summed E-state index contributed by atoms with van der Waals surface area (Å²) in [7, 11) is 0. The minimum atomic E-state index is -0.651. The van der Waals surface area contributed by atoms with Gasteiger partial charge in [-0.1, -0.05) is 48.0 Å². The third-order valence-corrected chi connectivity index (χ3v) is 3.92. The average molecular weight is 340 g/mol. The van der Waals surface area contributed by atoms with Gasteiger partial charge in [0.25, 0.3) is 5.91 Å². The number of aliphatic hydroxyl groups excluding tert-OH is 1. The molecule has 0 heterocycles. The summed E-state index contributed by atoms with van der Waals surface area (Å²) >= 11 is 0. The summed E-state index contributed by atoms with van der Waals surface area (Å²) < 4.78 is 0. The highest BCUT2D eigenvalue weighted by Gasteiger charge is 2.17. The number of carbonyl (C=O) groups excluding carboxylic acids is 2. The molecule has 0 radical (unpaired) electrons. The van der Waals surface area contributed by atoms with Gasteiger partial charge < -0.3 is 15.7 Å². The Kier molecular flexibility index (Phi) is 6.71. The minimum absolute atomic E-state index is 0.277. The summed E-state index contributed by atoms with van der Waals surface area (Å²) in [5.41, 5.74) is 2.33. The molecule has 0 saturated heterocycles. The second-order valence-corrected chi connectivity index (χ2v) is 6.07. The molecule has 0 aliphatic heterocycles. The molecule has 0 aliphatic rings. The molecule has 0 bridgehead atoms. The molecule has 5 nitrogen and oxygen atoms in total. The van der Waals surface area contributed by atoms with Crippen LogP contribution >= 0.6 is 0 Å². The number of rotatable bonds is 7. The van der Waals surface area contributed by atoms with Crippen LogP contribution in [0, 0.1) is 6.92 Å². The van der Waals surface area contributed by atoms with Crippen LogP contribution in [0.4, 0.5) is 0 Å². The van der Waals surface area contributed by atoms with E-state index in [4.69, 9.17) is 0 Å². The molecule has 0 spiro atoms. The van der Waals surface area contributed by atoms with E-state index in [1.807, 2.05) is 43.3 Å². The van der Waals surface area contributed by atoms with Gasteiger partial charge in [-0.15, -0.1) is 0 Å². The molecule has 0 saturated carbocycles. The van der Waals surface area contributed by atoms with Crippen molar-refractivity contribution in [2.24, 2.45) is 0 Å². The second kappa shape index (κ2) is 8.99. The number of aliphatic hydroxyl groups is 1. The van der Waals surface area contributed by atoms with Gasteiger partial charge in [0.15, 0.2) is 0 Å². The van der Waals surface area contributed by atoms with Crippen molar-refractivity contribution in [3.05, 3.63) is 71.3 Å². The fourth-order valence-corrected chi connectivity index (χ4v) is 2.46. The Morgan fingerprint density at radius 3 is 2.48 bits per heavy atom. The molecular weight excluding hydrogens is 316 g/mol. The van der Waals surface area contributed by atoms with Crippen LogP contribution in [0.5, 0.6) is 0 Å². The first-order valence-electron chi connectivity index (χ1n) is 8.35. The lowest BCUT2D eigenvalue weighted by Gasteiger charge is -2.16. The van der Waals surface area contributed by atoms with Crippen molar-refractivity contribution in [2.45, 2.75) is 32.4 Å². The van der Waals surface area contributed by atoms with Gasteiger partial charge in [-0.2, -0.15) is 0 Å². The number of hydrogen-bond donors (Lipinski definition) is 3. The van der Waals surface area contributed by atoms with Crippen LogP contribution in [0.1, 0.15) is 40.9 Å². The Morgan fingerprint density at radius 1 is 1.08 bits per heavy atom. The van der Waals surface area contributed by atoms with E-state index in [1.54, 1.807) is 25.1 Å². The van der Waals surface area contributed by atoms with E-state index in [9.17, 15) is 14.7 Å². The molecule has 132 valence electrons. The number of aryl methyl sites for hydroxylation is 1. The van der Waals surface area contributed by atoms with Gasteiger partial charge in [-0.3, -0.25) is 9.59 Å². The lowest BCUT2D eigenvalue weighted by atomic mass is 10.1. The van der Waals surface area contributed by atoms with Crippen molar-refractivity contribution in [1.82, 2.24) is 10.6 Å². The third kappa shape index (κ3) is 5.72. The zero-order valence-corrected chi connectivity index (χ0v) is 14.5. The lowest BCUT2D eigenvalue weighted by Crippen LogP contribution is -2.45. The average Bonchev–Trinajstić information content (AvgIpc) is 2.62. The predicted molar refractivity (Wildman–Crippen MR) is 97.1 cm³/mol. The number of amides is 2. The first-order valence-corrected chi connectivity index (χ1v) is 8.35. The van der Waals surface area contributed by atoms with Crippen LogP contribution in [0.2, 0.25) is 0 Å². The van der Waals surface area contributed by atoms with Crippen LogP contribution in [-0.4, -0.2) is 29.5 Å². The Morgan fingerprint density at radius 2 is 1.80 bits per heavy atom. The van der Waals surface area contributed by atoms with Crippen molar-refractivity contribution in [2.75, 3.05) is 6.54 Å². The lowest BCUT2D eigenvalue weighted by molar-refractivity contribution is -0.122. The number of carbonyl (C=O) groups is 2. The monoisotopic (exact) mass is 340 g/mol. The normalized spacial score (nSPS) is 12.9. The Bertz CT molecular complexity index is 716. The first kappa shape index (κ1) is 18.7. The van der Waals surface area contributed by atoms with Crippen molar-refractivity contribution in [1.29, 1.82) is 0 Å². The summed E-state index contributed by atoms with van der Waals surface area (Å²) in [6.07, 6.45) is -0.215. The van der Waals surface area contributed by atoms with Gasteiger partial charge >= 0.3 is 0 Å². The summed E-state index contributed by atoms with van der Waals surface area (Å²) in [5, 5.41) is 15.5. The molecular formula is C20H24N2O3. The summed E-state index contributed by atoms with van der Waals surface area (Å²) in [5.74, 6) is -0.558. The van der Waals surface area contributed by atoms with Crippen LogP contribution in [0.3, 0.4) is 0 Å². The molecule has 5 heteroatoms. The molecule has 2 amide bonds. The SMILES string of the molecule is Cc1cccc(C(=O)N[C@H](C)C(=O)NCC[C@@H](O)c2ccccc2)c1. The molecule has 2 rings (SSSR count). The second-order valence-electron chi connectivity index (χ2n) is 6.07. The van der Waals surface area contributed by atoms with Crippen LogP contribution in [0.25, 0.3) is 0 Å². The van der Waals surface area contributed by atoms with E-state index in [2.05, 4.69) is 10.6 Å². The van der Waals surface area contributed by atoms with Crippen LogP contribution < -0.4 is 10.6 Å². The van der Waals surface area contributed by atoms with Crippen molar-refractivity contribution >= 4 is 11.8 Å². The fourth-order valence-electron chi connectivity index (χ4n) is 2.46. The van der Waals surface area contributed by atoms with Gasteiger partial charge in [-0.05, 0) is 38.0 Å². The smallest absolute Gasteiger partial charge is 0.251 e. The largest absolute Gasteiger partial charge is 0.388 e. The van der Waals surface area contributed by atoms with Crippen LogP contribution in [0.15, 0.2) is 54.6 Å². The highest BCUT2D eigenvalue weighted by atomic mass is 16.3. The van der Waals surface area contributed by atoms with Crippen molar-refractivity contribution in [3.8, 4) is 0 Å². The van der Waals surface area contributed by atoms with Gasteiger partial charge in [0.05, 0.1) is 6.10 Å². The zero-order chi connectivity index (χ0) is 18.2.